The molecule has 0 aliphatic heterocycles. The van der Waals surface area contributed by atoms with Gasteiger partial charge in [0.15, 0.2) is 0 Å². The zero-order chi connectivity index (χ0) is 18.2. The monoisotopic (exact) mass is 347 g/mol. The number of hydrogen-bond acceptors (Lipinski definition) is 5. The second-order valence-corrected chi connectivity index (χ2v) is 7.17. The number of thioether (sulfide) groups is 1. The quantitative estimate of drug-likeness (QED) is 0.455. The summed E-state index contributed by atoms with van der Waals surface area (Å²) in [5.74, 6) is -1.65. The number of hydrogen-bond donors (Lipinski definition) is 4. The normalized spacial score (nSPS) is 15.1. The summed E-state index contributed by atoms with van der Waals surface area (Å²) in [7, 11) is 0. The van der Waals surface area contributed by atoms with Gasteiger partial charge in [-0.3, -0.25) is 9.59 Å². The Hall–Kier alpha value is -1.28. The molecule has 0 radical (unpaired) electrons. The fourth-order valence-corrected chi connectivity index (χ4v) is 2.31. The van der Waals surface area contributed by atoms with E-state index < -0.39 is 35.9 Å². The van der Waals surface area contributed by atoms with Gasteiger partial charge in [0.25, 0.3) is 0 Å². The Kier molecular flexibility index (Phi) is 9.90. The number of rotatable bonds is 10. The fourth-order valence-electron chi connectivity index (χ4n) is 1.84. The average molecular weight is 347 g/mol. The fraction of sp³-hybridized carbons (Fsp3) is 0.800. The van der Waals surface area contributed by atoms with Gasteiger partial charge in [-0.05, 0) is 30.3 Å². The van der Waals surface area contributed by atoms with Crippen molar-refractivity contribution in [2.24, 2.45) is 17.6 Å². The van der Waals surface area contributed by atoms with Crippen molar-refractivity contribution in [1.29, 1.82) is 0 Å². The summed E-state index contributed by atoms with van der Waals surface area (Å²) in [4.78, 5) is 35.6. The molecule has 23 heavy (non-hydrogen) atoms. The molecule has 0 aromatic heterocycles. The van der Waals surface area contributed by atoms with Gasteiger partial charge in [0.1, 0.15) is 12.1 Å². The minimum atomic E-state index is -1.10. The van der Waals surface area contributed by atoms with Gasteiger partial charge in [0.2, 0.25) is 11.8 Å². The van der Waals surface area contributed by atoms with Crippen LogP contribution >= 0.6 is 11.8 Å². The van der Waals surface area contributed by atoms with E-state index in [4.69, 9.17) is 10.8 Å². The van der Waals surface area contributed by atoms with Crippen LogP contribution in [0.15, 0.2) is 0 Å². The summed E-state index contributed by atoms with van der Waals surface area (Å²) < 4.78 is 0. The van der Waals surface area contributed by atoms with Crippen molar-refractivity contribution < 1.29 is 19.5 Å². The van der Waals surface area contributed by atoms with Crippen LogP contribution in [0.5, 0.6) is 0 Å². The molecular formula is C15H29N3O4S. The molecule has 3 atom stereocenters. The highest BCUT2D eigenvalue weighted by atomic mass is 32.2. The molecule has 0 aromatic rings. The number of nitrogens with two attached hydrogens (primary N) is 1. The Labute approximate surface area is 142 Å². The molecule has 0 rings (SSSR count). The van der Waals surface area contributed by atoms with E-state index in [1.165, 1.54) is 0 Å². The highest BCUT2D eigenvalue weighted by molar-refractivity contribution is 7.98. The summed E-state index contributed by atoms with van der Waals surface area (Å²) in [6.45, 7) is 7.06. The molecule has 7 nitrogen and oxygen atoms in total. The lowest BCUT2D eigenvalue weighted by atomic mass is 10.0. The predicted octanol–water partition coefficient (Wildman–Crippen LogP) is 0.433. The van der Waals surface area contributed by atoms with Crippen molar-refractivity contribution in [3.63, 3.8) is 0 Å². The minimum Gasteiger partial charge on any atom is -0.480 e. The van der Waals surface area contributed by atoms with Gasteiger partial charge in [-0.1, -0.05) is 27.7 Å². The molecule has 0 bridgehead atoms. The molecule has 0 saturated heterocycles. The van der Waals surface area contributed by atoms with Crippen LogP contribution in [-0.4, -0.2) is 53.0 Å². The van der Waals surface area contributed by atoms with E-state index in [0.717, 1.165) is 0 Å². The maximum atomic E-state index is 12.4. The summed E-state index contributed by atoms with van der Waals surface area (Å²) in [5, 5.41) is 14.3. The average Bonchev–Trinajstić information content (AvgIpc) is 2.46. The predicted molar refractivity (Wildman–Crippen MR) is 92.1 cm³/mol. The third kappa shape index (κ3) is 7.69. The molecule has 0 unspecified atom stereocenters. The number of carbonyl (C=O) groups excluding carboxylic acids is 2. The largest absolute Gasteiger partial charge is 0.480 e. The van der Waals surface area contributed by atoms with Crippen molar-refractivity contribution >= 4 is 29.5 Å². The Morgan fingerprint density at radius 2 is 1.61 bits per heavy atom. The van der Waals surface area contributed by atoms with Crippen LogP contribution < -0.4 is 16.4 Å². The zero-order valence-electron chi connectivity index (χ0n) is 14.5. The highest BCUT2D eigenvalue weighted by Gasteiger charge is 2.29. The van der Waals surface area contributed by atoms with Gasteiger partial charge in [-0.25, -0.2) is 4.79 Å². The first-order valence-corrected chi connectivity index (χ1v) is 9.09. The second-order valence-electron chi connectivity index (χ2n) is 6.18. The maximum absolute atomic E-state index is 12.4. The summed E-state index contributed by atoms with van der Waals surface area (Å²) in [5.41, 5.74) is 5.79. The molecule has 5 N–H and O–H groups in total. The number of carboxylic acid groups (broad SMARTS) is 1. The number of carbonyl (C=O) groups is 3. The molecule has 0 spiro atoms. The van der Waals surface area contributed by atoms with Crippen LogP contribution in [-0.2, 0) is 14.4 Å². The summed E-state index contributed by atoms with van der Waals surface area (Å²) in [6, 6.07) is -2.49. The van der Waals surface area contributed by atoms with Crippen molar-refractivity contribution in [2.75, 3.05) is 12.0 Å². The van der Waals surface area contributed by atoms with E-state index in [2.05, 4.69) is 10.6 Å². The molecule has 8 heteroatoms. The van der Waals surface area contributed by atoms with E-state index in [9.17, 15) is 14.4 Å². The number of amides is 2. The highest BCUT2D eigenvalue weighted by Crippen LogP contribution is 2.07. The van der Waals surface area contributed by atoms with Crippen molar-refractivity contribution in [1.82, 2.24) is 10.6 Å². The van der Waals surface area contributed by atoms with Gasteiger partial charge in [0.05, 0.1) is 6.04 Å². The smallest absolute Gasteiger partial charge is 0.326 e. The Morgan fingerprint density at radius 3 is 2.00 bits per heavy atom. The third-order valence-electron chi connectivity index (χ3n) is 3.50. The first kappa shape index (κ1) is 21.7. The number of nitrogens with one attached hydrogen (secondary N) is 2. The van der Waals surface area contributed by atoms with E-state index in [0.29, 0.717) is 12.2 Å². The van der Waals surface area contributed by atoms with Gasteiger partial charge in [-0.15, -0.1) is 0 Å². The first-order valence-electron chi connectivity index (χ1n) is 7.69. The van der Waals surface area contributed by atoms with Gasteiger partial charge in [0, 0.05) is 0 Å². The number of aliphatic carboxylic acids is 1. The Bertz CT molecular complexity index is 416. The molecule has 2 amide bonds. The van der Waals surface area contributed by atoms with E-state index in [1.54, 1.807) is 25.6 Å². The lowest BCUT2D eigenvalue weighted by Crippen LogP contribution is -2.56. The van der Waals surface area contributed by atoms with Crippen molar-refractivity contribution in [3.05, 3.63) is 0 Å². The minimum absolute atomic E-state index is 0.0540. The molecule has 0 saturated carbocycles. The molecule has 0 aliphatic rings. The molecule has 0 heterocycles. The van der Waals surface area contributed by atoms with Crippen LogP contribution in [0.1, 0.15) is 34.1 Å². The van der Waals surface area contributed by atoms with Crippen LogP contribution in [0.2, 0.25) is 0 Å². The molecule has 0 aliphatic carbocycles. The zero-order valence-corrected chi connectivity index (χ0v) is 15.3. The first-order chi connectivity index (χ1) is 10.6. The maximum Gasteiger partial charge on any atom is 0.326 e. The topological polar surface area (TPSA) is 122 Å². The van der Waals surface area contributed by atoms with Gasteiger partial charge in [-0.2, -0.15) is 11.8 Å². The Morgan fingerprint density at radius 1 is 1.04 bits per heavy atom. The lowest BCUT2D eigenvalue weighted by molar-refractivity contribution is -0.143. The standard InChI is InChI=1S/C15H29N3O4S/c1-8(2)11(16)14(20)17-10(6-7-23-5)13(19)18-12(9(3)4)15(21)22/h8-12H,6-7,16H2,1-5H3,(H,17,20)(H,18,19)(H,21,22)/t10-,11-,12-/m0/s1. The lowest BCUT2D eigenvalue weighted by Gasteiger charge is -2.25. The van der Waals surface area contributed by atoms with E-state index in [-0.39, 0.29) is 11.8 Å². The van der Waals surface area contributed by atoms with E-state index >= 15 is 0 Å². The summed E-state index contributed by atoms with van der Waals surface area (Å²) >= 11 is 1.54. The van der Waals surface area contributed by atoms with Crippen LogP contribution in [0, 0.1) is 11.8 Å². The molecular weight excluding hydrogens is 318 g/mol. The molecule has 0 aromatic carbocycles. The van der Waals surface area contributed by atoms with E-state index in [1.807, 2.05) is 20.1 Å². The summed E-state index contributed by atoms with van der Waals surface area (Å²) in [6.07, 6.45) is 2.30. The third-order valence-corrected chi connectivity index (χ3v) is 4.14. The van der Waals surface area contributed by atoms with Crippen LogP contribution in [0.25, 0.3) is 0 Å². The second kappa shape index (κ2) is 10.5. The van der Waals surface area contributed by atoms with Gasteiger partial charge < -0.3 is 21.5 Å². The van der Waals surface area contributed by atoms with Crippen molar-refractivity contribution in [3.8, 4) is 0 Å². The SMILES string of the molecule is CSCC[C@H](NC(=O)[C@@H](N)C(C)C)C(=O)N[C@H](C(=O)O)C(C)C. The number of carboxylic acids is 1. The Balaban J connectivity index is 4.97. The van der Waals surface area contributed by atoms with Gasteiger partial charge >= 0.3 is 5.97 Å². The van der Waals surface area contributed by atoms with Crippen LogP contribution in [0.3, 0.4) is 0 Å². The molecule has 0 fully saturated rings. The van der Waals surface area contributed by atoms with Crippen LogP contribution in [0.4, 0.5) is 0 Å². The molecule has 134 valence electrons. The van der Waals surface area contributed by atoms with Crippen molar-refractivity contribution in [2.45, 2.75) is 52.2 Å².